The van der Waals surface area contributed by atoms with E-state index >= 15 is 0 Å². The molecule has 1 saturated heterocycles. The second-order valence-corrected chi connectivity index (χ2v) is 9.66. The Morgan fingerprint density at radius 3 is 2.59 bits per heavy atom. The van der Waals surface area contributed by atoms with Crippen molar-refractivity contribution in [3.8, 4) is 23.4 Å². The fraction of sp³-hybridized carbons (Fsp3) is 0.478. The van der Waals surface area contributed by atoms with Crippen LogP contribution >= 0.6 is 0 Å². The number of carbonyl (C=O) groups excluding carboxylic acids is 1. The van der Waals surface area contributed by atoms with Crippen LogP contribution in [-0.4, -0.2) is 42.5 Å². The molecule has 3 aromatic rings. The van der Waals surface area contributed by atoms with Crippen LogP contribution in [0, 0.1) is 45.7 Å². The lowest BCUT2D eigenvalue weighted by molar-refractivity contribution is -0.124. The van der Waals surface area contributed by atoms with E-state index in [4.69, 9.17) is 5.26 Å². The Labute approximate surface area is 193 Å². The van der Waals surface area contributed by atoms with Crippen LogP contribution in [0.25, 0.3) is 16.8 Å². The summed E-state index contributed by atoms with van der Waals surface area (Å²) in [6.45, 7) is 2.13. The first-order chi connectivity index (χ1) is 16.3. The van der Waals surface area contributed by atoms with Gasteiger partial charge in [0.15, 0.2) is 17.3 Å². The summed E-state index contributed by atoms with van der Waals surface area (Å²) in [6, 6.07) is 3.72. The van der Waals surface area contributed by atoms with Crippen LogP contribution in [0.2, 0.25) is 0 Å². The number of nitriles is 2. The van der Waals surface area contributed by atoms with Crippen LogP contribution in [0.4, 0.5) is 14.6 Å². The molecule has 0 aromatic carbocycles. The quantitative estimate of drug-likeness (QED) is 0.588. The third-order valence-corrected chi connectivity index (χ3v) is 7.52. The monoisotopic (exact) mass is 462 g/mol. The highest BCUT2D eigenvalue weighted by atomic mass is 19.1. The molecular weight excluding hydrogens is 442 g/mol. The maximum atomic E-state index is 14.7. The number of aromatic nitrogens is 5. The molecule has 172 valence electrons. The smallest absolute Gasteiger partial charge is 0.249 e. The van der Waals surface area contributed by atoms with Crippen LogP contribution in [0.3, 0.4) is 0 Å². The molecule has 0 unspecified atom stereocenters. The van der Waals surface area contributed by atoms with Crippen LogP contribution in [0.5, 0.6) is 0 Å². The number of anilines is 1. The fourth-order valence-electron chi connectivity index (χ4n) is 5.41. The minimum atomic E-state index is -1.82. The predicted octanol–water partition coefficient (Wildman–Crippen LogP) is 3.20. The van der Waals surface area contributed by atoms with Gasteiger partial charge in [0.2, 0.25) is 5.91 Å². The van der Waals surface area contributed by atoms with E-state index in [1.165, 1.54) is 9.42 Å². The molecule has 0 radical (unpaired) electrons. The summed E-state index contributed by atoms with van der Waals surface area (Å²) < 4.78 is 31.7. The van der Waals surface area contributed by atoms with E-state index in [2.05, 4.69) is 21.3 Å². The number of hydrogen-bond donors (Lipinski definition) is 0. The average Bonchev–Trinajstić information content (AvgIpc) is 3.32. The highest BCUT2D eigenvalue weighted by molar-refractivity contribution is 6.04. The van der Waals surface area contributed by atoms with Gasteiger partial charge >= 0.3 is 0 Å². The Hall–Kier alpha value is -3.86. The summed E-state index contributed by atoms with van der Waals surface area (Å²) in [5, 5.41) is 27.2. The number of rotatable bonds is 4. The van der Waals surface area contributed by atoms with Gasteiger partial charge in [-0.1, -0.05) is 6.92 Å². The molecule has 4 heterocycles. The average molecular weight is 462 g/mol. The summed E-state index contributed by atoms with van der Waals surface area (Å²) in [5.74, 6) is -1.06. The lowest BCUT2D eigenvalue weighted by Crippen LogP contribution is -2.39. The normalized spacial score (nSPS) is 30.9. The molecule has 1 aliphatic heterocycles. The van der Waals surface area contributed by atoms with Gasteiger partial charge in [-0.15, -0.1) is 0 Å². The van der Waals surface area contributed by atoms with Gasteiger partial charge in [-0.25, -0.2) is 18.3 Å². The number of halogens is 2. The van der Waals surface area contributed by atoms with Crippen LogP contribution in [0.1, 0.15) is 38.6 Å². The van der Waals surface area contributed by atoms with Crippen molar-refractivity contribution in [3.63, 3.8) is 0 Å². The van der Waals surface area contributed by atoms with Crippen LogP contribution in [-0.2, 0) is 4.79 Å². The minimum Gasteiger partial charge on any atom is -0.293 e. The molecule has 2 atom stereocenters. The van der Waals surface area contributed by atoms with Gasteiger partial charge < -0.3 is 0 Å². The molecule has 11 heteroatoms. The number of nitrogens with zero attached hydrogens (tertiary/aromatic N) is 8. The first kappa shape index (κ1) is 20.7. The lowest BCUT2D eigenvalue weighted by Gasteiger charge is -2.35. The zero-order valence-electron chi connectivity index (χ0n) is 18.3. The third-order valence-electron chi connectivity index (χ3n) is 7.52. The second kappa shape index (κ2) is 6.83. The Balaban J connectivity index is 1.40. The molecule has 3 fully saturated rings. The molecule has 6 rings (SSSR count). The van der Waals surface area contributed by atoms with Gasteiger partial charge in [-0.3, -0.25) is 14.4 Å². The summed E-state index contributed by atoms with van der Waals surface area (Å²) in [6.07, 6.45) is 7.63. The van der Waals surface area contributed by atoms with Crippen molar-refractivity contribution in [2.24, 2.45) is 17.3 Å². The van der Waals surface area contributed by atoms with E-state index in [1.54, 1.807) is 29.3 Å². The van der Waals surface area contributed by atoms with Crippen molar-refractivity contribution >= 4 is 17.2 Å². The molecule has 0 N–H and O–H groups in total. The molecule has 2 aliphatic carbocycles. The molecule has 0 bridgehead atoms. The van der Waals surface area contributed by atoms with Crippen molar-refractivity contribution in [2.45, 2.75) is 44.3 Å². The SMILES string of the molecule is C[C@@H]1CN(c2nc(-c3cnn(C4CC(F)(C#N)C4)c3)cn3ncc(F)c23)C(=O)[C@]1(C#N)C1CC1. The zero-order valence-corrected chi connectivity index (χ0v) is 18.3. The molecule has 9 nitrogen and oxygen atoms in total. The molecular formula is C23H20F2N8O. The van der Waals surface area contributed by atoms with E-state index in [0.717, 1.165) is 19.0 Å². The predicted molar refractivity (Wildman–Crippen MR) is 114 cm³/mol. The topological polar surface area (TPSA) is 116 Å². The summed E-state index contributed by atoms with van der Waals surface area (Å²) in [4.78, 5) is 19.6. The van der Waals surface area contributed by atoms with E-state index in [-0.39, 0.29) is 54.5 Å². The van der Waals surface area contributed by atoms with E-state index in [0.29, 0.717) is 11.3 Å². The van der Waals surface area contributed by atoms with E-state index < -0.39 is 16.9 Å². The fourth-order valence-corrected chi connectivity index (χ4v) is 5.41. The van der Waals surface area contributed by atoms with Crippen molar-refractivity contribution in [1.29, 1.82) is 10.5 Å². The van der Waals surface area contributed by atoms with Gasteiger partial charge in [0.1, 0.15) is 17.0 Å². The molecule has 1 amide bonds. The lowest BCUT2D eigenvalue weighted by atomic mass is 9.75. The second-order valence-electron chi connectivity index (χ2n) is 9.66. The van der Waals surface area contributed by atoms with Gasteiger partial charge in [-0.2, -0.15) is 20.7 Å². The maximum absolute atomic E-state index is 14.7. The molecule has 0 spiro atoms. The van der Waals surface area contributed by atoms with Gasteiger partial charge in [-0.05, 0) is 18.8 Å². The van der Waals surface area contributed by atoms with Gasteiger partial charge in [0, 0.05) is 37.1 Å². The number of amides is 1. The first-order valence-corrected chi connectivity index (χ1v) is 11.2. The molecule has 3 aromatic heterocycles. The minimum absolute atomic E-state index is 0.00991. The standard InChI is InChI=1S/C23H20F2N8O/c1-13-8-31(21(34)23(13,12-27)15-2-3-15)20-19-17(24)7-29-33(19)10-18(30-20)14-6-28-32(9-14)16-4-22(25,5-16)11-26/h6-7,9-10,13,15-16H,2-5,8H2,1H3/t13-,16?,22?,23+/m1/s1. The Kier molecular flexibility index (Phi) is 4.16. The summed E-state index contributed by atoms with van der Waals surface area (Å²) in [7, 11) is 0. The zero-order chi connectivity index (χ0) is 23.8. The van der Waals surface area contributed by atoms with Crippen molar-refractivity contribution in [1.82, 2.24) is 24.4 Å². The van der Waals surface area contributed by atoms with Gasteiger partial charge in [0.05, 0.1) is 36.4 Å². The van der Waals surface area contributed by atoms with Crippen LogP contribution in [0.15, 0.2) is 24.8 Å². The molecule has 3 aliphatic rings. The Morgan fingerprint density at radius 2 is 1.91 bits per heavy atom. The Bertz CT molecular complexity index is 1420. The van der Waals surface area contributed by atoms with Crippen molar-refractivity contribution < 1.29 is 13.6 Å². The van der Waals surface area contributed by atoms with E-state index in [9.17, 15) is 18.8 Å². The molecule has 2 saturated carbocycles. The number of fused-ring (bicyclic) bond motifs is 1. The van der Waals surface area contributed by atoms with Crippen LogP contribution < -0.4 is 4.90 Å². The van der Waals surface area contributed by atoms with E-state index in [1.807, 2.05) is 6.92 Å². The third kappa shape index (κ3) is 2.73. The summed E-state index contributed by atoms with van der Waals surface area (Å²) in [5.41, 5.74) is -1.89. The summed E-state index contributed by atoms with van der Waals surface area (Å²) >= 11 is 0. The van der Waals surface area contributed by atoms with Crippen molar-refractivity contribution in [2.75, 3.05) is 11.4 Å². The number of alkyl halides is 1. The largest absolute Gasteiger partial charge is 0.293 e. The van der Waals surface area contributed by atoms with Crippen molar-refractivity contribution in [3.05, 3.63) is 30.6 Å². The highest BCUT2D eigenvalue weighted by Gasteiger charge is 2.61. The van der Waals surface area contributed by atoms with Gasteiger partial charge in [0.25, 0.3) is 0 Å². The molecule has 34 heavy (non-hydrogen) atoms. The Morgan fingerprint density at radius 1 is 1.15 bits per heavy atom. The maximum Gasteiger partial charge on any atom is 0.249 e. The highest BCUT2D eigenvalue weighted by Crippen LogP contribution is 2.54. The first-order valence-electron chi connectivity index (χ1n) is 11.2. The number of hydrogen-bond acceptors (Lipinski definition) is 6. The number of carbonyl (C=O) groups is 1.